The van der Waals surface area contributed by atoms with Crippen LogP contribution in [0.4, 0.5) is 4.39 Å². The monoisotopic (exact) mass is 317 g/mol. The van der Waals surface area contributed by atoms with Gasteiger partial charge in [0.25, 0.3) is 0 Å². The van der Waals surface area contributed by atoms with Crippen LogP contribution in [-0.4, -0.2) is 31.3 Å². The van der Waals surface area contributed by atoms with E-state index in [0.29, 0.717) is 0 Å². The van der Waals surface area contributed by atoms with E-state index in [1.165, 1.54) is 20.3 Å². The number of hydrogen-bond acceptors (Lipinski definition) is 5. The molecule has 1 fully saturated rings. The van der Waals surface area contributed by atoms with Crippen molar-refractivity contribution in [2.24, 2.45) is 5.92 Å². The molecule has 2 unspecified atom stereocenters. The Morgan fingerprint density at radius 3 is 2.76 bits per heavy atom. The summed E-state index contributed by atoms with van der Waals surface area (Å²) in [6.45, 7) is 0.146. The van der Waals surface area contributed by atoms with Gasteiger partial charge in [0.1, 0.15) is 16.5 Å². The van der Waals surface area contributed by atoms with Crippen LogP contribution in [-0.2, 0) is 16.1 Å². The van der Waals surface area contributed by atoms with Crippen LogP contribution in [0.2, 0.25) is 5.02 Å². The molecule has 116 valence electrons. The van der Waals surface area contributed by atoms with Crippen LogP contribution in [0, 0.1) is 11.7 Å². The minimum absolute atomic E-state index is 0.0610. The van der Waals surface area contributed by atoms with Gasteiger partial charge in [0.2, 0.25) is 0 Å². The first-order valence-corrected chi connectivity index (χ1v) is 6.92. The summed E-state index contributed by atoms with van der Waals surface area (Å²) in [5.41, 5.74) is 0.218. The highest BCUT2D eigenvalue weighted by atomic mass is 35.5. The van der Waals surface area contributed by atoms with Gasteiger partial charge in [-0.05, 0) is 12.8 Å². The minimum atomic E-state index is -0.727. The van der Waals surface area contributed by atoms with Crippen molar-refractivity contribution in [3.05, 3.63) is 22.5 Å². The molecule has 0 aromatic heterocycles. The summed E-state index contributed by atoms with van der Waals surface area (Å²) in [5.74, 6) is -1.37. The zero-order valence-electron chi connectivity index (χ0n) is 11.8. The molecule has 2 N–H and O–H groups in total. The number of carbonyl (C=O) groups excluding carboxylic acids is 1. The molecule has 7 heteroatoms. The Hall–Kier alpha value is -1.53. The van der Waals surface area contributed by atoms with Crippen LogP contribution in [0.15, 0.2) is 6.07 Å². The highest BCUT2D eigenvalue weighted by Crippen LogP contribution is 2.36. The van der Waals surface area contributed by atoms with E-state index in [0.717, 1.165) is 12.8 Å². The summed E-state index contributed by atoms with van der Waals surface area (Å²) < 4.78 is 23.9. The van der Waals surface area contributed by atoms with Crippen molar-refractivity contribution in [3.63, 3.8) is 0 Å². The van der Waals surface area contributed by atoms with Gasteiger partial charge in [-0.3, -0.25) is 4.79 Å². The number of ether oxygens (including phenoxy) is 2. The zero-order chi connectivity index (χ0) is 15.6. The Morgan fingerprint density at radius 1 is 1.52 bits per heavy atom. The molecular formula is C14H17ClFNO4. The first-order chi connectivity index (χ1) is 9.99. The molecule has 2 atom stereocenters. The van der Waals surface area contributed by atoms with E-state index in [-0.39, 0.29) is 46.6 Å². The largest absolute Gasteiger partial charge is 0.506 e. The highest BCUT2D eigenvalue weighted by Gasteiger charge is 2.37. The average Bonchev–Trinajstić information content (AvgIpc) is 2.45. The fourth-order valence-corrected chi connectivity index (χ4v) is 2.55. The van der Waals surface area contributed by atoms with Gasteiger partial charge in [-0.2, -0.15) is 0 Å². The van der Waals surface area contributed by atoms with Gasteiger partial charge < -0.3 is 19.9 Å². The van der Waals surface area contributed by atoms with E-state index < -0.39 is 5.82 Å². The van der Waals surface area contributed by atoms with Gasteiger partial charge in [-0.25, -0.2) is 4.39 Å². The maximum absolute atomic E-state index is 14.1. The van der Waals surface area contributed by atoms with Crippen molar-refractivity contribution in [2.75, 3.05) is 14.2 Å². The van der Waals surface area contributed by atoms with Crippen molar-refractivity contribution in [1.29, 1.82) is 0 Å². The maximum atomic E-state index is 14.1. The van der Waals surface area contributed by atoms with Crippen LogP contribution in [0.5, 0.6) is 11.5 Å². The standard InChI is InChI=1S/C14H17ClFNO4/c1-20-11-5-10(18)12(15)13(16)8(11)6-17-9-4-3-7(9)14(19)21-2/h5,7,9,17-18H,3-4,6H2,1-2H3. The fraction of sp³-hybridized carbons (Fsp3) is 0.500. The molecule has 1 aromatic rings. The van der Waals surface area contributed by atoms with E-state index in [1.807, 2.05) is 0 Å². The van der Waals surface area contributed by atoms with Gasteiger partial charge in [0.15, 0.2) is 5.82 Å². The second kappa shape index (κ2) is 6.49. The van der Waals surface area contributed by atoms with Crippen molar-refractivity contribution >= 4 is 17.6 Å². The summed E-state index contributed by atoms with van der Waals surface area (Å²) in [7, 11) is 2.73. The smallest absolute Gasteiger partial charge is 0.310 e. The molecule has 1 saturated carbocycles. The Kier molecular flexibility index (Phi) is 4.90. The SMILES string of the molecule is COC(=O)C1CCC1NCc1c(OC)cc(O)c(Cl)c1F. The Labute approximate surface area is 127 Å². The zero-order valence-corrected chi connectivity index (χ0v) is 12.5. The fourth-order valence-electron chi connectivity index (χ4n) is 2.39. The summed E-state index contributed by atoms with van der Waals surface area (Å²) in [5, 5.41) is 12.2. The highest BCUT2D eigenvalue weighted by molar-refractivity contribution is 6.32. The maximum Gasteiger partial charge on any atom is 0.310 e. The molecule has 0 spiro atoms. The molecule has 1 aromatic carbocycles. The summed E-state index contributed by atoms with van der Waals surface area (Å²) in [4.78, 5) is 11.5. The molecule has 0 bridgehead atoms. The minimum Gasteiger partial charge on any atom is -0.506 e. The van der Waals surface area contributed by atoms with Crippen LogP contribution >= 0.6 is 11.6 Å². The van der Waals surface area contributed by atoms with E-state index in [2.05, 4.69) is 5.32 Å². The van der Waals surface area contributed by atoms with E-state index in [4.69, 9.17) is 21.1 Å². The van der Waals surface area contributed by atoms with Crippen molar-refractivity contribution < 1.29 is 23.8 Å². The molecule has 0 heterocycles. The lowest BCUT2D eigenvalue weighted by Crippen LogP contribution is -2.47. The van der Waals surface area contributed by atoms with Crippen molar-refractivity contribution in [3.8, 4) is 11.5 Å². The number of hydrogen-bond donors (Lipinski definition) is 2. The van der Waals surface area contributed by atoms with Gasteiger partial charge in [0.05, 0.1) is 20.1 Å². The molecular weight excluding hydrogens is 301 g/mol. The number of rotatable bonds is 5. The number of nitrogens with one attached hydrogen (secondary N) is 1. The normalized spacial score (nSPS) is 20.8. The van der Waals surface area contributed by atoms with Crippen LogP contribution in [0.3, 0.4) is 0 Å². The second-order valence-corrected chi connectivity index (χ2v) is 5.28. The molecule has 1 aliphatic rings. The van der Waals surface area contributed by atoms with Crippen LogP contribution in [0.1, 0.15) is 18.4 Å². The molecule has 21 heavy (non-hydrogen) atoms. The topological polar surface area (TPSA) is 67.8 Å². The molecule has 0 amide bonds. The number of phenols is 1. The molecule has 1 aliphatic carbocycles. The van der Waals surface area contributed by atoms with Crippen molar-refractivity contribution in [2.45, 2.75) is 25.4 Å². The van der Waals surface area contributed by atoms with Gasteiger partial charge in [-0.1, -0.05) is 11.6 Å². The average molecular weight is 318 g/mol. The number of phenolic OH excluding ortho intramolecular Hbond substituents is 1. The number of methoxy groups -OCH3 is 2. The number of halogens is 2. The summed E-state index contributed by atoms with van der Waals surface area (Å²) >= 11 is 5.69. The van der Waals surface area contributed by atoms with Gasteiger partial charge in [0, 0.05) is 24.2 Å². The third-order valence-electron chi connectivity index (χ3n) is 3.79. The van der Waals surface area contributed by atoms with E-state index in [9.17, 15) is 14.3 Å². The van der Waals surface area contributed by atoms with Gasteiger partial charge in [-0.15, -0.1) is 0 Å². The van der Waals surface area contributed by atoms with E-state index >= 15 is 0 Å². The first-order valence-electron chi connectivity index (χ1n) is 6.54. The molecule has 5 nitrogen and oxygen atoms in total. The Morgan fingerprint density at radius 2 is 2.24 bits per heavy atom. The number of benzene rings is 1. The second-order valence-electron chi connectivity index (χ2n) is 4.90. The number of carbonyl (C=O) groups is 1. The van der Waals surface area contributed by atoms with Crippen molar-refractivity contribution in [1.82, 2.24) is 5.32 Å². The predicted octanol–water partition coefficient (Wildman–Crippen LogP) is 2.23. The molecule has 2 rings (SSSR count). The lowest BCUT2D eigenvalue weighted by molar-refractivity contribution is -0.149. The third kappa shape index (κ3) is 3.06. The Balaban J connectivity index is 2.10. The van der Waals surface area contributed by atoms with Gasteiger partial charge >= 0.3 is 5.97 Å². The number of aromatic hydroxyl groups is 1. The quantitative estimate of drug-likeness (QED) is 0.815. The lowest BCUT2D eigenvalue weighted by atomic mass is 9.79. The summed E-state index contributed by atoms with van der Waals surface area (Å²) in [6.07, 6.45) is 1.57. The molecule has 0 radical (unpaired) electrons. The van der Waals surface area contributed by atoms with E-state index in [1.54, 1.807) is 0 Å². The van der Waals surface area contributed by atoms with Crippen LogP contribution in [0.25, 0.3) is 0 Å². The Bertz CT molecular complexity index is 552. The number of esters is 1. The molecule has 0 aliphatic heterocycles. The first kappa shape index (κ1) is 15.9. The third-order valence-corrected chi connectivity index (χ3v) is 4.15. The lowest BCUT2D eigenvalue weighted by Gasteiger charge is -2.35. The predicted molar refractivity (Wildman–Crippen MR) is 75.0 cm³/mol. The molecule has 0 saturated heterocycles. The summed E-state index contributed by atoms with van der Waals surface area (Å²) in [6, 6.07) is 1.20. The van der Waals surface area contributed by atoms with Crippen LogP contribution < -0.4 is 10.1 Å².